The quantitative estimate of drug-likeness (QED) is 0.812. The van der Waals surface area contributed by atoms with Gasteiger partial charge in [0.15, 0.2) is 5.65 Å². The largest absolute Gasteiger partial charge is 0.317 e. The van der Waals surface area contributed by atoms with Crippen molar-refractivity contribution in [3.05, 3.63) is 30.2 Å². The predicted molar refractivity (Wildman–Crippen MR) is 59.6 cm³/mol. The highest BCUT2D eigenvalue weighted by molar-refractivity contribution is 5.68. The molecule has 0 aliphatic rings. The van der Waals surface area contributed by atoms with Crippen LogP contribution in [0.25, 0.3) is 11.2 Å². The second kappa shape index (κ2) is 4.31. The number of hydrogen-bond acceptors (Lipinski definition) is 4. The third-order valence-corrected chi connectivity index (χ3v) is 2.40. The van der Waals surface area contributed by atoms with Gasteiger partial charge in [0.2, 0.25) is 0 Å². The van der Waals surface area contributed by atoms with Gasteiger partial charge in [0, 0.05) is 30.6 Å². The van der Waals surface area contributed by atoms with Crippen molar-refractivity contribution in [3.8, 4) is 0 Å². The summed E-state index contributed by atoms with van der Waals surface area (Å²) >= 11 is 0. The first-order chi connectivity index (χ1) is 7.29. The molecule has 2 aromatic rings. The zero-order valence-corrected chi connectivity index (χ0v) is 8.94. The molecule has 0 radical (unpaired) electrons. The maximum absolute atomic E-state index is 4.45. The summed E-state index contributed by atoms with van der Waals surface area (Å²) < 4.78 is 0. The van der Waals surface area contributed by atoms with Crippen LogP contribution in [-0.2, 0) is 6.42 Å². The Hall–Kier alpha value is -1.55. The van der Waals surface area contributed by atoms with Crippen molar-refractivity contribution >= 4 is 11.2 Å². The fraction of sp³-hybridized carbons (Fsp3) is 0.364. The highest BCUT2D eigenvalue weighted by atomic mass is 14.9. The predicted octanol–water partition coefficient (Wildman–Crippen LogP) is 1.18. The third-order valence-electron chi connectivity index (χ3n) is 2.40. The van der Waals surface area contributed by atoms with Gasteiger partial charge < -0.3 is 5.32 Å². The Labute approximate surface area is 88.8 Å². The molecule has 4 heteroatoms. The van der Waals surface area contributed by atoms with Crippen LogP contribution in [0.4, 0.5) is 0 Å². The average molecular weight is 202 g/mol. The van der Waals surface area contributed by atoms with Crippen LogP contribution >= 0.6 is 0 Å². The van der Waals surface area contributed by atoms with Crippen LogP contribution in [0.1, 0.15) is 12.6 Å². The highest BCUT2D eigenvalue weighted by Crippen LogP contribution is 2.07. The van der Waals surface area contributed by atoms with Crippen molar-refractivity contribution in [3.63, 3.8) is 0 Å². The van der Waals surface area contributed by atoms with Gasteiger partial charge in [-0.1, -0.05) is 0 Å². The first-order valence-electron chi connectivity index (χ1n) is 5.03. The number of rotatable bonds is 3. The van der Waals surface area contributed by atoms with Gasteiger partial charge >= 0.3 is 0 Å². The molecule has 78 valence electrons. The van der Waals surface area contributed by atoms with Gasteiger partial charge in [0.1, 0.15) is 5.52 Å². The van der Waals surface area contributed by atoms with Crippen molar-refractivity contribution in [1.82, 2.24) is 20.3 Å². The smallest absolute Gasteiger partial charge is 0.178 e. The van der Waals surface area contributed by atoms with Gasteiger partial charge in [-0.2, -0.15) is 0 Å². The van der Waals surface area contributed by atoms with Crippen molar-refractivity contribution in [2.75, 3.05) is 7.05 Å². The number of likely N-dealkylation sites (N-methyl/N-ethyl adjacent to an activating group) is 1. The highest BCUT2D eigenvalue weighted by Gasteiger charge is 2.03. The van der Waals surface area contributed by atoms with E-state index in [2.05, 4.69) is 27.2 Å². The summed E-state index contributed by atoms with van der Waals surface area (Å²) in [4.78, 5) is 12.8. The first kappa shape index (κ1) is 9.98. The van der Waals surface area contributed by atoms with E-state index >= 15 is 0 Å². The van der Waals surface area contributed by atoms with Crippen LogP contribution in [-0.4, -0.2) is 28.0 Å². The molecule has 4 nitrogen and oxygen atoms in total. The molecule has 1 N–H and O–H groups in total. The van der Waals surface area contributed by atoms with Crippen LogP contribution in [0.2, 0.25) is 0 Å². The monoisotopic (exact) mass is 202 g/mol. The summed E-state index contributed by atoms with van der Waals surface area (Å²) in [6.07, 6.45) is 4.25. The molecule has 0 amide bonds. The standard InChI is InChI=1S/C11H14N4/c1-8(12-2)7-9-3-4-10-11(15-9)14-6-5-13-10/h3-6,8,12H,7H2,1-2H3. The lowest BCUT2D eigenvalue weighted by Gasteiger charge is -2.08. The number of hydrogen-bond donors (Lipinski definition) is 1. The second-order valence-electron chi connectivity index (χ2n) is 3.60. The van der Waals surface area contributed by atoms with Gasteiger partial charge in [-0.3, -0.25) is 4.98 Å². The van der Waals surface area contributed by atoms with Crippen molar-refractivity contribution in [2.45, 2.75) is 19.4 Å². The van der Waals surface area contributed by atoms with Crippen molar-refractivity contribution < 1.29 is 0 Å². The van der Waals surface area contributed by atoms with Gasteiger partial charge in [-0.15, -0.1) is 0 Å². The molecule has 0 aromatic carbocycles. The maximum Gasteiger partial charge on any atom is 0.178 e. The Bertz CT molecular complexity index is 455. The van der Waals surface area contributed by atoms with Gasteiger partial charge in [-0.05, 0) is 26.1 Å². The normalized spacial score (nSPS) is 12.9. The molecule has 1 unspecified atom stereocenters. The number of nitrogens with zero attached hydrogens (tertiary/aromatic N) is 3. The summed E-state index contributed by atoms with van der Waals surface area (Å²) in [6, 6.07) is 4.39. The summed E-state index contributed by atoms with van der Waals surface area (Å²) in [6.45, 7) is 2.13. The van der Waals surface area contributed by atoms with Crippen LogP contribution in [0, 0.1) is 0 Å². The van der Waals surface area contributed by atoms with E-state index in [0.717, 1.165) is 23.3 Å². The van der Waals surface area contributed by atoms with Gasteiger partial charge in [0.05, 0.1) is 0 Å². The van der Waals surface area contributed by atoms with E-state index in [0.29, 0.717) is 6.04 Å². The molecule has 2 heterocycles. The molecule has 0 aliphatic carbocycles. The molecule has 0 spiro atoms. The molecule has 0 fully saturated rings. The molecule has 0 aliphatic heterocycles. The van der Waals surface area contributed by atoms with Crippen LogP contribution in [0.15, 0.2) is 24.5 Å². The lowest BCUT2D eigenvalue weighted by atomic mass is 10.1. The molecule has 2 aromatic heterocycles. The zero-order valence-electron chi connectivity index (χ0n) is 8.94. The topological polar surface area (TPSA) is 50.7 Å². The zero-order chi connectivity index (χ0) is 10.7. The van der Waals surface area contributed by atoms with E-state index in [1.807, 2.05) is 19.2 Å². The molecule has 0 saturated heterocycles. The van der Waals surface area contributed by atoms with E-state index in [-0.39, 0.29) is 0 Å². The SMILES string of the molecule is CNC(C)Cc1ccc2nccnc2n1. The van der Waals surface area contributed by atoms with E-state index in [9.17, 15) is 0 Å². The molecule has 15 heavy (non-hydrogen) atoms. The minimum atomic E-state index is 0.423. The number of aromatic nitrogens is 3. The molecule has 0 saturated carbocycles. The fourth-order valence-corrected chi connectivity index (χ4v) is 1.42. The Balaban J connectivity index is 2.30. The van der Waals surface area contributed by atoms with E-state index in [1.54, 1.807) is 12.4 Å². The van der Waals surface area contributed by atoms with E-state index in [1.165, 1.54) is 0 Å². The van der Waals surface area contributed by atoms with Crippen molar-refractivity contribution in [1.29, 1.82) is 0 Å². The Morgan fingerprint density at radius 1 is 1.27 bits per heavy atom. The fourth-order valence-electron chi connectivity index (χ4n) is 1.42. The summed E-state index contributed by atoms with van der Waals surface area (Å²) in [5.74, 6) is 0. The van der Waals surface area contributed by atoms with Crippen LogP contribution in [0.3, 0.4) is 0 Å². The van der Waals surface area contributed by atoms with E-state index in [4.69, 9.17) is 0 Å². The van der Waals surface area contributed by atoms with E-state index < -0.39 is 0 Å². The second-order valence-corrected chi connectivity index (χ2v) is 3.60. The lowest BCUT2D eigenvalue weighted by Crippen LogP contribution is -2.23. The van der Waals surface area contributed by atoms with Crippen molar-refractivity contribution in [2.24, 2.45) is 0 Å². The number of nitrogens with one attached hydrogen (secondary N) is 1. The average Bonchev–Trinajstić information content (AvgIpc) is 2.29. The Morgan fingerprint density at radius 3 is 2.87 bits per heavy atom. The Morgan fingerprint density at radius 2 is 2.07 bits per heavy atom. The maximum atomic E-state index is 4.45. The first-order valence-corrected chi connectivity index (χ1v) is 5.03. The summed E-state index contributed by atoms with van der Waals surface area (Å²) in [7, 11) is 1.95. The van der Waals surface area contributed by atoms with Gasteiger partial charge in [0.25, 0.3) is 0 Å². The minimum absolute atomic E-state index is 0.423. The minimum Gasteiger partial charge on any atom is -0.317 e. The number of fused-ring (bicyclic) bond motifs is 1. The molecule has 2 rings (SSSR count). The molecular weight excluding hydrogens is 188 g/mol. The van der Waals surface area contributed by atoms with Crippen LogP contribution in [0.5, 0.6) is 0 Å². The summed E-state index contributed by atoms with van der Waals surface area (Å²) in [5, 5.41) is 3.19. The molecule has 0 bridgehead atoms. The Kier molecular flexibility index (Phi) is 2.87. The molecular formula is C11H14N4. The summed E-state index contributed by atoms with van der Waals surface area (Å²) in [5.41, 5.74) is 2.61. The van der Waals surface area contributed by atoms with Crippen LogP contribution < -0.4 is 5.32 Å². The third kappa shape index (κ3) is 2.27. The number of pyridine rings is 1. The van der Waals surface area contributed by atoms with Gasteiger partial charge in [-0.25, -0.2) is 9.97 Å². The lowest BCUT2D eigenvalue weighted by molar-refractivity contribution is 0.601. The molecule has 1 atom stereocenters.